The van der Waals surface area contributed by atoms with Crippen LogP contribution >= 0.6 is 0 Å². The van der Waals surface area contributed by atoms with Gasteiger partial charge in [0.2, 0.25) is 0 Å². The molecule has 0 aliphatic carbocycles. The predicted octanol–water partition coefficient (Wildman–Crippen LogP) is 0.943. The van der Waals surface area contributed by atoms with Gasteiger partial charge in [0.05, 0.1) is 0 Å². The number of benzene rings is 1. The summed E-state index contributed by atoms with van der Waals surface area (Å²) in [5.74, 6) is 0.219. The average molecular weight is 181 g/mol. The lowest BCUT2D eigenvalue weighted by atomic mass is 10.2. The maximum Gasteiger partial charge on any atom is 0.350 e. The summed E-state index contributed by atoms with van der Waals surface area (Å²) in [6, 6.07) is 6.58. The number of phenolic OH excluding ortho intramolecular Hbond substituents is 1. The molecule has 1 aromatic carbocycles. The molecule has 0 heterocycles. The van der Waals surface area contributed by atoms with Crippen LogP contribution in [0.5, 0.6) is 5.75 Å². The Morgan fingerprint density at radius 1 is 1.33 bits per heavy atom. The standard InChI is InChI=1S/C9H8O2S/c10-8-4-1-7(2-5-8)3-6-9(11)12/h1-6,10H,(H,11,12)/p+1/b6-3+. The van der Waals surface area contributed by atoms with Gasteiger partial charge in [0, 0.05) is 18.7 Å². The lowest BCUT2D eigenvalue weighted by molar-refractivity contribution is -0.106. The molecule has 0 saturated heterocycles. The van der Waals surface area contributed by atoms with Gasteiger partial charge < -0.3 is 5.11 Å². The molecule has 0 unspecified atom stereocenters. The van der Waals surface area contributed by atoms with E-state index in [0.717, 1.165) is 5.56 Å². The van der Waals surface area contributed by atoms with Crippen molar-refractivity contribution < 1.29 is 9.90 Å². The minimum Gasteiger partial charge on any atom is -0.508 e. The molecule has 1 aromatic rings. The van der Waals surface area contributed by atoms with E-state index in [2.05, 4.69) is 12.6 Å². The molecule has 0 fully saturated rings. The van der Waals surface area contributed by atoms with Crippen LogP contribution in [0.1, 0.15) is 5.56 Å². The number of carbonyl (C=O) groups excluding carboxylic acids is 1. The van der Waals surface area contributed by atoms with E-state index in [-0.39, 0.29) is 10.9 Å². The lowest BCUT2D eigenvalue weighted by Crippen LogP contribution is -1.81. The van der Waals surface area contributed by atoms with Crippen molar-refractivity contribution in [2.45, 2.75) is 0 Å². The molecule has 0 bridgehead atoms. The maximum absolute atomic E-state index is 10.5. The molecule has 3 heteroatoms. The van der Waals surface area contributed by atoms with E-state index in [0.29, 0.717) is 0 Å². The highest BCUT2D eigenvalue weighted by Crippen LogP contribution is 2.10. The molecule has 12 heavy (non-hydrogen) atoms. The molecule has 0 radical (unpaired) electrons. The van der Waals surface area contributed by atoms with Gasteiger partial charge in [-0.25, -0.2) is 4.79 Å². The Kier molecular flexibility index (Phi) is 2.94. The van der Waals surface area contributed by atoms with E-state index in [1.807, 2.05) is 0 Å². The summed E-state index contributed by atoms with van der Waals surface area (Å²) in [6.45, 7) is 0. The van der Waals surface area contributed by atoms with E-state index >= 15 is 0 Å². The molecule has 1 N–H and O–H groups in total. The molecular weight excluding hydrogens is 172 g/mol. The van der Waals surface area contributed by atoms with Gasteiger partial charge in [-0.05, 0) is 23.8 Å². The minimum absolute atomic E-state index is 0.178. The minimum atomic E-state index is -0.178. The normalized spacial score (nSPS) is 10.4. The average Bonchev–Trinajstić information content (AvgIpc) is 2.03. The van der Waals surface area contributed by atoms with Gasteiger partial charge in [-0.2, -0.15) is 0 Å². The number of phenols is 1. The van der Waals surface area contributed by atoms with E-state index in [4.69, 9.17) is 5.11 Å². The highest BCUT2D eigenvalue weighted by atomic mass is 32.1. The lowest BCUT2D eigenvalue weighted by Gasteiger charge is -1.91. The fourth-order valence-corrected chi connectivity index (χ4v) is 0.841. The van der Waals surface area contributed by atoms with Crippen molar-refractivity contribution in [3.63, 3.8) is 0 Å². The van der Waals surface area contributed by atoms with Gasteiger partial charge in [-0.1, -0.05) is 12.1 Å². The predicted molar refractivity (Wildman–Crippen MR) is 52.3 cm³/mol. The van der Waals surface area contributed by atoms with Gasteiger partial charge in [-0.3, -0.25) is 0 Å². The Balaban J connectivity index is 2.77. The summed E-state index contributed by atoms with van der Waals surface area (Å²) in [6.07, 6.45) is 3.07. The molecule has 0 spiro atoms. The summed E-state index contributed by atoms with van der Waals surface area (Å²) < 4.78 is 0. The first kappa shape index (κ1) is 8.87. The number of aromatic hydroxyl groups is 1. The molecule has 0 aliphatic heterocycles. The first-order valence-electron chi connectivity index (χ1n) is 3.41. The summed E-state index contributed by atoms with van der Waals surface area (Å²) in [4.78, 5) is 10.5. The van der Waals surface area contributed by atoms with Crippen LogP contribution in [0.15, 0.2) is 30.3 Å². The van der Waals surface area contributed by atoms with Crippen LogP contribution in [-0.2, 0) is 17.4 Å². The van der Waals surface area contributed by atoms with Gasteiger partial charge in [0.15, 0.2) is 0 Å². The van der Waals surface area contributed by atoms with Gasteiger partial charge >= 0.3 is 5.12 Å². The van der Waals surface area contributed by atoms with E-state index in [9.17, 15) is 4.79 Å². The van der Waals surface area contributed by atoms with Crippen molar-refractivity contribution in [1.29, 1.82) is 0 Å². The van der Waals surface area contributed by atoms with Crippen molar-refractivity contribution in [2.24, 2.45) is 0 Å². The summed E-state index contributed by atoms with van der Waals surface area (Å²) in [5, 5.41) is 8.76. The summed E-state index contributed by atoms with van der Waals surface area (Å²) in [5.41, 5.74) is 0.874. The van der Waals surface area contributed by atoms with Crippen LogP contribution in [0.3, 0.4) is 0 Å². The molecule has 0 amide bonds. The molecule has 62 valence electrons. The first-order valence-corrected chi connectivity index (χ1v) is 3.91. The van der Waals surface area contributed by atoms with Crippen molar-refractivity contribution >= 4 is 23.8 Å². The third-order valence-corrected chi connectivity index (χ3v) is 1.49. The van der Waals surface area contributed by atoms with Crippen LogP contribution < -0.4 is 0 Å². The molecule has 0 aliphatic rings. The Morgan fingerprint density at radius 2 is 1.92 bits per heavy atom. The SMILES string of the molecule is O=C([SH2+])/C=C/c1ccc(O)cc1. The fraction of sp³-hybridized carbons (Fsp3) is 0. The zero-order valence-corrected chi connectivity index (χ0v) is 7.32. The van der Waals surface area contributed by atoms with Crippen LogP contribution in [0.25, 0.3) is 6.08 Å². The van der Waals surface area contributed by atoms with Crippen LogP contribution in [0.2, 0.25) is 0 Å². The van der Waals surface area contributed by atoms with Gasteiger partial charge in [0.1, 0.15) is 5.75 Å². The highest BCUT2D eigenvalue weighted by Gasteiger charge is 1.92. The number of rotatable bonds is 2. The molecule has 0 atom stereocenters. The molecular formula is C9H9O2S+. The zero-order chi connectivity index (χ0) is 8.97. The third-order valence-electron chi connectivity index (χ3n) is 1.32. The Labute approximate surface area is 75.9 Å². The van der Waals surface area contributed by atoms with E-state index in [1.165, 1.54) is 6.08 Å². The smallest absolute Gasteiger partial charge is 0.350 e. The Bertz CT molecular complexity index is 301. The largest absolute Gasteiger partial charge is 0.508 e. The molecule has 2 nitrogen and oxygen atoms in total. The van der Waals surface area contributed by atoms with Gasteiger partial charge in [0.25, 0.3) is 0 Å². The van der Waals surface area contributed by atoms with Gasteiger partial charge in [-0.15, -0.1) is 0 Å². The second-order valence-corrected chi connectivity index (χ2v) is 2.78. The van der Waals surface area contributed by atoms with Crippen molar-refractivity contribution in [3.05, 3.63) is 35.9 Å². The Morgan fingerprint density at radius 3 is 2.42 bits per heavy atom. The summed E-state index contributed by atoms with van der Waals surface area (Å²) in [7, 11) is 0. The van der Waals surface area contributed by atoms with Crippen LogP contribution in [0, 0.1) is 0 Å². The number of carbonyl (C=O) groups is 1. The van der Waals surface area contributed by atoms with Crippen molar-refractivity contribution in [1.82, 2.24) is 0 Å². The molecule has 0 saturated carbocycles. The Hall–Kier alpha value is -1.22. The molecule has 1 rings (SSSR count). The zero-order valence-electron chi connectivity index (χ0n) is 6.32. The third kappa shape index (κ3) is 2.80. The van der Waals surface area contributed by atoms with E-state index in [1.54, 1.807) is 30.3 Å². The van der Waals surface area contributed by atoms with E-state index < -0.39 is 0 Å². The number of hydrogen-bond acceptors (Lipinski definition) is 2. The second kappa shape index (κ2) is 3.97. The first-order chi connectivity index (χ1) is 5.68. The van der Waals surface area contributed by atoms with Crippen LogP contribution in [0.4, 0.5) is 0 Å². The highest BCUT2D eigenvalue weighted by molar-refractivity contribution is 7.77. The quantitative estimate of drug-likeness (QED) is 0.544. The van der Waals surface area contributed by atoms with Crippen molar-refractivity contribution in [2.75, 3.05) is 0 Å². The monoisotopic (exact) mass is 181 g/mol. The maximum atomic E-state index is 10.5. The fourth-order valence-electron chi connectivity index (χ4n) is 0.757. The number of hydrogen-bond donors (Lipinski definition) is 1. The second-order valence-electron chi connectivity index (χ2n) is 2.29. The summed E-state index contributed by atoms with van der Waals surface area (Å²) >= 11 is 2.82. The van der Waals surface area contributed by atoms with Crippen LogP contribution in [-0.4, -0.2) is 10.2 Å². The topological polar surface area (TPSA) is 37.3 Å². The molecule has 0 aromatic heterocycles. The van der Waals surface area contributed by atoms with Crippen molar-refractivity contribution in [3.8, 4) is 5.75 Å².